The molecule has 0 spiro atoms. The zero-order valence-electron chi connectivity index (χ0n) is 8.03. The summed E-state index contributed by atoms with van der Waals surface area (Å²) in [6.07, 6.45) is 0. The van der Waals surface area contributed by atoms with E-state index in [0.29, 0.717) is 5.92 Å². The molecule has 0 unspecified atom stereocenters. The second kappa shape index (κ2) is 3.87. The van der Waals surface area contributed by atoms with Gasteiger partial charge in [0.2, 0.25) is 0 Å². The molecule has 1 aromatic rings. The molecular weight excluding hydrogens is 260 g/mol. The van der Waals surface area contributed by atoms with Crippen LogP contribution < -0.4 is 0 Å². The minimum Gasteiger partial charge on any atom is -0.384 e. The van der Waals surface area contributed by atoms with Crippen LogP contribution in [0.4, 0.5) is 0 Å². The van der Waals surface area contributed by atoms with Crippen molar-refractivity contribution in [1.29, 1.82) is 0 Å². The number of hydrogen-bond acceptors (Lipinski definition) is 2. The van der Waals surface area contributed by atoms with Gasteiger partial charge in [0.05, 0.1) is 0 Å². The van der Waals surface area contributed by atoms with Crippen molar-refractivity contribution in [1.82, 2.24) is 0 Å². The molecule has 0 saturated carbocycles. The first-order valence-electron chi connectivity index (χ1n) is 4.70. The maximum Gasteiger partial charge on any atom is 0.103 e. The molecule has 0 aromatic heterocycles. The van der Waals surface area contributed by atoms with Gasteiger partial charge in [-0.25, -0.2) is 0 Å². The maximum absolute atomic E-state index is 10.6. The Labute approximate surface area is 97.0 Å². The van der Waals surface area contributed by atoms with Crippen LogP contribution in [0.2, 0.25) is 0 Å². The monoisotopic (exact) mass is 272 g/mol. The molecule has 0 aliphatic carbocycles. The zero-order valence-corrected chi connectivity index (χ0v) is 10.4. The highest BCUT2D eigenvalue weighted by Gasteiger charge is 2.41. The normalized spacial score (nSPS) is 32.1. The van der Waals surface area contributed by atoms with Crippen molar-refractivity contribution in [2.24, 2.45) is 5.92 Å². The quantitative estimate of drug-likeness (QED) is 0.848. The molecule has 0 amide bonds. The highest BCUT2D eigenvalue weighted by molar-refractivity contribution is 9.10. The molecule has 1 aromatic carbocycles. The lowest BCUT2D eigenvalue weighted by Gasteiger charge is -2.28. The van der Waals surface area contributed by atoms with Crippen LogP contribution in [0.25, 0.3) is 0 Å². The molecule has 14 heavy (non-hydrogen) atoms. The summed E-state index contributed by atoms with van der Waals surface area (Å²) in [5.41, 5.74) is 0.377. The van der Waals surface area contributed by atoms with E-state index in [0.717, 1.165) is 21.5 Å². The van der Waals surface area contributed by atoms with E-state index in [9.17, 15) is 5.11 Å². The van der Waals surface area contributed by atoms with Gasteiger partial charge in [0.25, 0.3) is 0 Å². The minimum absolute atomic E-state index is 0.325. The Morgan fingerprint density at radius 1 is 1.50 bits per heavy atom. The van der Waals surface area contributed by atoms with Crippen LogP contribution in [-0.2, 0) is 5.60 Å². The van der Waals surface area contributed by atoms with E-state index >= 15 is 0 Å². The highest BCUT2D eigenvalue weighted by Crippen LogP contribution is 2.43. The minimum atomic E-state index is -0.648. The summed E-state index contributed by atoms with van der Waals surface area (Å²) in [6.45, 7) is 2.11. The van der Waals surface area contributed by atoms with Crippen LogP contribution >= 0.6 is 27.7 Å². The molecule has 0 radical (unpaired) electrons. The number of halogens is 1. The lowest BCUT2D eigenvalue weighted by molar-refractivity contribution is 0.0227. The summed E-state index contributed by atoms with van der Waals surface area (Å²) in [6, 6.07) is 7.95. The second-order valence-electron chi connectivity index (χ2n) is 3.82. The third kappa shape index (κ3) is 1.62. The smallest absolute Gasteiger partial charge is 0.103 e. The fourth-order valence-corrected chi connectivity index (χ4v) is 3.95. The summed E-state index contributed by atoms with van der Waals surface area (Å²) in [5, 5.41) is 10.6. The molecule has 1 aliphatic rings. The predicted octanol–water partition coefficient (Wildman–Crippen LogP) is 3.02. The van der Waals surface area contributed by atoms with E-state index < -0.39 is 5.60 Å². The summed E-state index contributed by atoms with van der Waals surface area (Å²) in [5.74, 6) is 2.17. The van der Waals surface area contributed by atoms with Gasteiger partial charge in [0.1, 0.15) is 5.60 Å². The molecular formula is C11H13BrOS. The molecule has 76 valence electrons. The molecule has 1 nitrogen and oxygen atoms in total. The first kappa shape index (κ1) is 10.5. The molecule has 1 fully saturated rings. The fourth-order valence-electron chi connectivity index (χ4n) is 1.83. The summed E-state index contributed by atoms with van der Waals surface area (Å²) >= 11 is 5.32. The third-order valence-electron chi connectivity index (χ3n) is 2.85. The van der Waals surface area contributed by atoms with Crippen LogP contribution in [0, 0.1) is 5.92 Å². The molecule has 3 heteroatoms. The van der Waals surface area contributed by atoms with E-state index in [2.05, 4.69) is 22.9 Å². The average molecular weight is 273 g/mol. The second-order valence-corrected chi connectivity index (χ2v) is 5.70. The third-order valence-corrected chi connectivity index (χ3v) is 4.92. The van der Waals surface area contributed by atoms with Gasteiger partial charge in [-0.3, -0.25) is 0 Å². The lowest BCUT2D eigenvalue weighted by Crippen LogP contribution is -2.32. The van der Waals surface area contributed by atoms with Crippen LogP contribution in [0.5, 0.6) is 0 Å². The predicted molar refractivity (Wildman–Crippen MR) is 64.5 cm³/mol. The number of hydrogen-bond donors (Lipinski definition) is 1. The Hall–Kier alpha value is 0.01000. The first-order chi connectivity index (χ1) is 6.64. The fraction of sp³-hybridized carbons (Fsp3) is 0.455. The van der Waals surface area contributed by atoms with Crippen molar-refractivity contribution in [2.45, 2.75) is 12.5 Å². The molecule has 0 bridgehead atoms. The topological polar surface area (TPSA) is 20.2 Å². The van der Waals surface area contributed by atoms with E-state index in [1.165, 1.54) is 0 Å². The number of benzene rings is 1. The summed E-state index contributed by atoms with van der Waals surface area (Å²) in [4.78, 5) is 0. The van der Waals surface area contributed by atoms with E-state index in [4.69, 9.17) is 0 Å². The Morgan fingerprint density at radius 3 is 2.79 bits per heavy atom. The molecule has 1 aliphatic heterocycles. The standard InChI is InChI=1S/C11H13BrOS/c1-8-6-14-7-11(8,13)9-4-2-3-5-10(9)12/h2-5,8,13H,6-7H2,1H3/t8-,11-/m1/s1. The van der Waals surface area contributed by atoms with Crippen molar-refractivity contribution >= 4 is 27.7 Å². The summed E-state index contributed by atoms with van der Waals surface area (Å²) in [7, 11) is 0. The van der Waals surface area contributed by atoms with Gasteiger partial charge in [-0.15, -0.1) is 0 Å². The Morgan fingerprint density at radius 2 is 2.21 bits per heavy atom. The van der Waals surface area contributed by atoms with E-state index in [1.807, 2.05) is 36.0 Å². The molecule has 2 rings (SSSR count). The largest absolute Gasteiger partial charge is 0.384 e. The summed E-state index contributed by atoms with van der Waals surface area (Å²) < 4.78 is 1.01. The van der Waals surface area contributed by atoms with Crippen molar-refractivity contribution in [3.63, 3.8) is 0 Å². The van der Waals surface area contributed by atoms with Crippen molar-refractivity contribution in [3.8, 4) is 0 Å². The highest BCUT2D eigenvalue weighted by atomic mass is 79.9. The maximum atomic E-state index is 10.6. The van der Waals surface area contributed by atoms with Crippen LogP contribution in [0.15, 0.2) is 28.7 Å². The van der Waals surface area contributed by atoms with Gasteiger partial charge in [0, 0.05) is 10.2 Å². The van der Waals surface area contributed by atoms with Crippen LogP contribution in [0.1, 0.15) is 12.5 Å². The number of aliphatic hydroxyl groups is 1. The Balaban J connectivity index is 2.43. The Kier molecular flexibility index (Phi) is 2.91. The van der Waals surface area contributed by atoms with Gasteiger partial charge >= 0.3 is 0 Å². The average Bonchev–Trinajstić information content (AvgIpc) is 2.49. The van der Waals surface area contributed by atoms with Crippen LogP contribution in [0.3, 0.4) is 0 Å². The van der Waals surface area contributed by atoms with Gasteiger partial charge in [-0.05, 0) is 23.3 Å². The number of rotatable bonds is 1. The zero-order chi connectivity index (χ0) is 10.2. The Bertz CT molecular complexity index is 342. The van der Waals surface area contributed by atoms with Crippen molar-refractivity contribution < 1.29 is 5.11 Å². The molecule has 1 heterocycles. The van der Waals surface area contributed by atoms with Crippen LogP contribution in [-0.4, -0.2) is 16.6 Å². The van der Waals surface area contributed by atoms with Gasteiger partial charge < -0.3 is 5.11 Å². The van der Waals surface area contributed by atoms with Gasteiger partial charge in [-0.1, -0.05) is 41.1 Å². The SMILES string of the molecule is C[C@@H]1CSC[C@]1(O)c1ccccc1Br. The molecule has 1 N–H and O–H groups in total. The van der Waals surface area contributed by atoms with E-state index in [1.54, 1.807) is 0 Å². The van der Waals surface area contributed by atoms with Crippen molar-refractivity contribution in [3.05, 3.63) is 34.3 Å². The molecule has 2 atom stereocenters. The first-order valence-corrected chi connectivity index (χ1v) is 6.64. The van der Waals surface area contributed by atoms with Gasteiger partial charge in [0.15, 0.2) is 0 Å². The van der Waals surface area contributed by atoms with E-state index in [-0.39, 0.29) is 0 Å². The lowest BCUT2D eigenvalue weighted by atomic mass is 9.85. The molecule has 1 saturated heterocycles. The van der Waals surface area contributed by atoms with Gasteiger partial charge in [-0.2, -0.15) is 11.8 Å². The van der Waals surface area contributed by atoms with Crippen molar-refractivity contribution in [2.75, 3.05) is 11.5 Å². The number of thioether (sulfide) groups is 1.